The standard InChI is InChI=1S/C12H18N2/c1-3-14(10-9-13-2)11-12-7-5-4-6-8-12/h4-10,13H,3,11H2,1-2H3. The van der Waals surface area contributed by atoms with E-state index in [-0.39, 0.29) is 0 Å². The Morgan fingerprint density at radius 1 is 1.29 bits per heavy atom. The summed E-state index contributed by atoms with van der Waals surface area (Å²) in [4.78, 5) is 2.26. The second-order valence-corrected chi connectivity index (χ2v) is 3.15. The molecule has 0 saturated heterocycles. The molecule has 0 radical (unpaired) electrons. The number of rotatable bonds is 5. The molecule has 76 valence electrons. The fourth-order valence-corrected chi connectivity index (χ4v) is 1.27. The van der Waals surface area contributed by atoms with Crippen molar-refractivity contribution in [2.24, 2.45) is 0 Å². The molecule has 0 unspecified atom stereocenters. The molecule has 2 heteroatoms. The van der Waals surface area contributed by atoms with Crippen LogP contribution in [0.3, 0.4) is 0 Å². The third kappa shape index (κ3) is 3.52. The van der Waals surface area contributed by atoms with E-state index in [1.54, 1.807) is 0 Å². The number of hydrogen-bond donors (Lipinski definition) is 1. The van der Waals surface area contributed by atoms with Gasteiger partial charge in [-0.15, -0.1) is 0 Å². The Kier molecular flexibility index (Phi) is 4.62. The Hall–Kier alpha value is -1.44. The van der Waals surface area contributed by atoms with E-state index in [2.05, 4.69) is 47.6 Å². The Morgan fingerprint density at radius 2 is 2.00 bits per heavy atom. The van der Waals surface area contributed by atoms with Crippen LogP contribution in [0.2, 0.25) is 0 Å². The number of hydrogen-bond acceptors (Lipinski definition) is 2. The number of nitrogens with one attached hydrogen (secondary N) is 1. The average molecular weight is 190 g/mol. The summed E-state index contributed by atoms with van der Waals surface area (Å²) in [5, 5.41) is 3.00. The van der Waals surface area contributed by atoms with Crippen LogP contribution in [0.4, 0.5) is 0 Å². The second-order valence-electron chi connectivity index (χ2n) is 3.15. The lowest BCUT2D eigenvalue weighted by molar-refractivity contribution is 0.388. The first-order valence-electron chi connectivity index (χ1n) is 4.98. The van der Waals surface area contributed by atoms with Crippen LogP contribution in [0.1, 0.15) is 12.5 Å². The quantitative estimate of drug-likeness (QED) is 0.765. The summed E-state index contributed by atoms with van der Waals surface area (Å²) in [6, 6.07) is 10.5. The number of nitrogens with zero attached hydrogens (tertiary/aromatic N) is 1. The van der Waals surface area contributed by atoms with Gasteiger partial charge >= 0.3 is 0 Å². The fourth-order valence-electron chi connectivity index (χ4n) is 1.27. The molecule has 1 N–H and O–H groups in total. The lowest BCUT2D eigenvalue weighted by Gasteiger charge is -2.17. The minimum absolute atomic E-state index is 0.968. The molecule has 1 rings (SSSR count). The summed E-state index contributed by atoms with van der Waals surface area (Å²) in [5.74, 6) is 0. The molecule has 0 atom stereocenters. The normalized spacial score (nSPS) is 10.4. The SMILES string of the molecule is CCN(C=CNC)Cc1ccccc1. The van der Waals surface area contributed by atoms with E-state index in [1.165, 1.54) is 5.56 Å². The molecule has 14 heavy (non-hydrogen) atoms. The van der Waals surface area contributed by atoms with Crippen molar-refractivity contribution in [1.82, 2.24) is 10.2 Å². The second kappa shape index (κ2) is 6.08. The lowest BCUT2D eigenvalue weighted by Crippen LogP contribution is -2.16. The fraction of sp³-hybridized carbons (Fsp3) is 0.333. The van der Waals surface area contributed by atoms with Crippen molar-refractivity contribution in [3.05, 3.63) is 48.3 Å². The molecule has 2 nitrogen and oxygen atoms in total. The molecule has 0 aromatic heterocycles. The molecule has 0 heterocycles. The van der Waals surface area contributed by atoms with Crippen LogP contribution in [-0.2, 0) is 6.54 Å². The first-order valence-corrected chi connectivity index (χ1v) is 4.98. The van der Waals surface area contributed by atoms with Crippen molar-refractivity contribution < 1.29 is 0 Å². The molecule has 0 aliphatic rings. The van der Waals surface area contributed by atoms with Crippen LogP contribution in [0.5, 0.6) is 0 Å². The van der Waals surface area contributed by atoms with E-state index in [9.17, 15) is 0 Å². The molecular formula is C12H18N2. The van der Waals surface area contributed by atoms with Gasteiger partial charge in [0.1, 0.15) is 0 Å². The van der Waals surface area contributed by atoms with Crippen molar-refractivity contribution in [2.45, 2.75) is 13.5 Å². The topological polar surface area (TPSA) is 15.3 Å². The molecule has 0 aliphatic carbocycles. The first kappa shape index (κ1) is 10.6. The molecule has 1 aromatic rings. The maximum absolute atomic E-state index is 3.00. The van der Waals surface area contributed by atoms with E-state index in [0.29, 0.717) is 0 Å². The molecule has 0 aliphatic heterocycles. The first-order chi connectivity index (χ1) is 6.86. The van der Waals surface area contributed by atoms with Gasteiger partial charge in [0.2, 0.25) is 0 Å². The van der Waals surface area contributed by atoms with Crippen molar-refractivity contribution in [3.8, 4) is 0 Å². The van der Waals surface area contributed by atoms with Gasteiger partial charge < -0.3 is 10.2 Å². The van der Waals surface area contributed by atoms with Gasteiger partial charge in [-0.2, -0.15) is 0 Å². The monoisotopic (exact) mass is 190 g/mol. The van der Waals surface area contributed by atoms with E-state index < -0.39 is 0 Å². The average Bonchev–Trinajstić information content (AvgIpc) is 2.25. The minimum Gasteiger partial charge on any atom is -0.393 e. The van der Waals surface area contributed by atoms with Crippen LogP contribution in [-0.4, -0.2) is 18.5 Å². The number of benzene rings is 1. The molecular weight excluding hydrogens is 172 g/mol. The van der Waals surface area contributed by atoms with Crippen molar-refractivity contribution >= 4 is 0 Å². The van der Waals surface area contributed by atoms with E-state index >= 15 is 0 Å². The minimum atomic E-state index is 0.968. The molecule has 1 aromatic carbocycles. The van der Waals surface area contributed by atoms with E-state index in [0.717, 1.165) is 13.1 Å². The Morgan fingerprint density at radius 3 is 2.57 bits per heavy atom. The van der Waals surface area contributed by atoms with Gasteiger partial charge in [-0.25, -0.2) is 0 Å². The maximum atomic E-state index is 3.00. The molecule has 0 spiro atoms. The lowest BCUT2D eigenvalue weighted by atomic mass is 10.2. The molecule has 0 amide bonds. The summed E-state index contributed by atoms with van der Waals surface area (Å²) < 4.78 is 0. The molecule has 0 fully saturated rings. The zero-order chi connectivity index (χ0) is 10.2. The van der Waals surface area contributed by atoms with Gasteiger partial charge in [0.05, 0.1) is 0 Å². The summed E-state index contributed by atoms with van der Waals surface area (Å²) in [7, 11) is 1.91. The zero-order valence-electron chi connectivity index (χ0n) is 8.90. The summed E-state index contributed by atoms with van der Waals surface area (Å²) >= 11 is 0. The predicted molar refractivity (Wildman–Crippen MR) is 60.7 cm³/mol. The molecule has 0 bridgehead atoms. The van der Waals surface area contributed by atoms with Crippen molar-refractivity contribution in [3.63, 3.8) is 0 Å². The van der Waals surface area contributed by atoms with Gasteiger partial charge in [-0.1, -0.05) is 30.3 Å². The highest BCUT2D eigenvalue weighted by Crippen LogP contribution is 2.03. The highest BCUT2D eigenvalue weighted by Gasteiger charge is 1.96. The van der Waals surface area contributed by atoms with Gasteiger partial charge in [0.25, 0.3) is 0 Å². The zero-order valence-corrected chi connectivity index (χ0v) is 8.90. The van der Waals surface area contributed by atoms with E-state index in [4.69, 9.17) is 0 Å². The summed E-state index contributed by atoms with van der Waals surface area (Å²) in [6.45, 7) is 4.14. The summed E-state index contributed by atoms with van der Waals surface area (Å²) in [5.41, 5.74) is 1.34. The third-order valence-corrected chi connectivity index (χ3v) is 2.09. The predicted octanol–water partition coefficient (Wildman–Crippen LogP) is 2.20. The van der Waals surface area contributed by atoms with Crippen LogP contribution < -0.4 is 5.32 Å². The molecule has 0 saturated carbocycles. The highest BCUT2D eigenvalue weighted by molar-refractivity contribution is 5.14. The van der Waals surface area contributed by atoms with Gasteiger partial charge in [-0.3, -0.25) is 0 Å². The van der Waals surface area contributed by atoms with Gasteiger partial charge in [0.15, 0.2) is 0 Å². The summed E-state index contributed by atoms with van der Waals surface area (Å²) in [6.07, 6.45) is 4.03. The maximum Gasteiger partial charge on any atom is 0.0424 e. The van der Waals surface area contributed by atoms with Crippen molar-refractivity contribution in [2.75, 3.05) is 13.6 Å². The largest absolute Gasteiger partial charge is 0.393 e. The van der Waals surface area contributed by atoms with Crippen LogP contribution >= 0.6 is 0 Å². The van der Waals surface area contributed by atoms with Crippen molar-refractivity contribution in [1.29, 1.82) is 0 Å². The van der Waals surface area contributed by atoms with Gasteiger partial charge in [0, 0.05) is 32.5 Å². The Balaban J connectivity index is 2.53. The smallest absolute Gasteiger partial charge is 0.0424 e. The van der Waals surface area contributed by atoms with Crippen LogP contribution in [0, 0.1) is 0 Å². The third-order valence-electron chi connectivity index (χ3n) is 2.09. The van der Waals surface area contributed by atoms with E-state index in [1.807, 2.05) is 19.3 Å². The van der Waals surface area contributed by atoms with Gasteiger partial charge in [-0.05, 0) is 12.5 Å². The van der Waals surface area contributed by atoms with Crippen LogP contribution in [0.15, 0.2) is 42.7 Å². The Bertz CT molecular complexity index is 267. The Labute approximate surface area is 86.2 Å². The van der Waals surface area contributed by atoms with Crippen LogP contribution in [0.25, 0.3) is 0 Å². The highest BCUT2D eigenvalue weighted by atomic mass is 15.1.